The SMILES string of the molecule is COc1cc(N2CCN(C)CC2)c(CCCO)cc1N. The number of aryl methyl sites for hydroxylation is 1. The molecule has 1 saturated heterocycles. The molecule has 1 fully saturated rings. The van der Waals surface area contributed by atoms with Crippen molar-refractivity contribution in [3.05, 3.63) is 17.7 Å². The number of nitrogen functional groups attached to an aromatic ring is 1. The maximum atomic E-state index is 9.06. The van der Waals surface area contributed by atoms with E-state index in [-0.39, 0.29) is 6.61 Å². The lowest BCUT2D eigenvalue weighted by Crippen LogP contribution is -2.44. The van der Waals surface area contributed by atoms with Gasteiger partial charge in [-0.15, -0.1) is 0 Å². The molecule has 1 aromatic carbocycles. The molecular weight excluding hydrogens is 254 g/mol. The number of aliphatic hydroxyl groups excluding tert-OH is 1. The Morgan fingerprint density at radius 1 is 1.25 bits per heavy atom. The van der Waals surface area contributed by atoms with Gasteiger partial charge in [-0.1, -0.05) is 0 Å². The van der Waals surface area contributed by atoms with E-state index in [2.05, 4.69) is 16.8 Å². The van der Waals surface area contributed by atoms with Gasteiger partial charge >= 0.3 is 0 Å². The minimum absolute atomic E-state index is 0.202. The number of likely N-dealkylation sites (N-methyl/N-ethyl adjacent to an activating group) is 1. The Labute approximate surface area is 120 Å². The van der Waals surface area contributed by atoms with Crippen molar-refractivity contribution in [3.8, 4) is 5.75 Å². The highest BCUT2D eigenvalue weighted by Gasteiger charge is 2.18. The highest BCUT2D eigenvalue weighted by atomic mass is 16.5. The van der Waals surface area contributed by atoms with E-state index in [1.807, 2.05) is 12.1 Å². The predicted octanol–water partition coefficient (Wildman–Crippen LogP) is 0.954. The zero-order chi connectivity index (χ0) is 14.5. The molecule has 2 rings (SSSR count). The number of hydrogen-bond acceptors (Lipinski definition) is 5. The Bertz CT molecular complexity index is 443. The standard InChI is InChI=1S/C15H25N3O2/c1-17-5-7-18(8-6-17)14-11-15(20-2)13(16)10-12(14)4-3-9-19/h10-11,19H,3-9,16H2,1-2H3. The van der Waals surface area contributed by atoms with Crippen LogP contribution in [0.25, 0.3) is 0 Å². The summed E-state index contributed by atoms with van der Waals surface area (Å²) in [5.41, 5.74) is 9.06. The molecule has 1 aromatic rings. The van der Waals surface area contributed by atoms with Gasteiger partial charge in [0.25, 0.3) is 0 Å². The van der Waals surface area contributed by atoms with Gasteiger partial charge in [-0.2, -0.15) is 0 Å². The van der Waals surface area contributed by atoms with Crippen LogP contribution in [-0.4, -0.2) is 56.9 Å². The van der Waals surface area contributed by atoms with E-state index in [1.165, 1.54) is 11.3 Å². The molecule has 0 unspecified atom stereocenters. The average Bonchev–Trinajstić information content (AvgIpc) is 2.46. The van der Waals surface area contributed by atoms with Crippen LogP contribution < -0.4 is 15.4 Å². The van der Waals surface area contributed by atoms with Crippen molar-refractivity contribution in [1.82, 2.24) is 4.90 Å². The van der Waals surface area contributed by atoms with Gasteiger partial charge in [0.15, 0.2) is 0 Å². The Balaban J connectivity index is 2.27. The number of rotatable bonds is 5. The molecule has 5 nitrogen and oxygen atoms in total. The molecule has 1 aliphatic heterocycles. The topological polar surface area (TPSA) is 62.0 Å². The quantitative estimate of drug-likeness (QED) is 0.786. The van der Waals surface area contributed by atoms with Crippen LogP contribution in [0.1, 0.15) is 12.0 Å². The van der Waals surface area contributed by atoms with E-state index in [1.54, 1.807) is 7.11 Å². The Hall–Kier alpha value is -1.46. The van der Waals surface area contributed by atoms with E-state index >= 15 is 0 Å². The summed E-state index contributed by atoms with van der Waals surface area (Å²) in [5, 5.41) is 9.06. The van der Waals surface area contributed by atoms with Crippen LogP contribution in [-0.2, 0) is 6.42 Å². The average molecular weight is 279 g/mol. The van der Waals surface area contributed by atoms with Crippen molar-refractivity contribution in [2.75, 3.05) is 57.6 Å². The first-order valence-electron chi connectivity index (χ1n) is 7.16. The predicted molar refractivity (Wildman–Crippen MR) is 82.5 cm³/mol. The molecule has 112 valence electrons. The first-order valence-corrected chi connectivity index (χ1v) is 7.16. The molecule has 20 heavy (non-hydrogen) atoms. The second-order valence-electron chi connectivity index (χ2n) is 5.34. The molecular formula is C15H25N3O2. The second kappa shape index (κ2) is 6.81. The molecule has 0 saturated carbocycles. The maximum absolute atomic E-state index is 9.06. The molecule has 0 atom stereocenters. The first kappa shape index (κ1) is 14.9. The molecule has 3 N–H and O–H groups in total. The molecule has 0 aliphatic carbocycles. The lowest BCUT2D eigenvalue weighted by molar-refractivity contribution is 0.288. The van der Waals surface area contributed by atoms with Crippen LogP contribution in [0.3, 0.4) is 0 Å². The normalized spacial score (nSPS) is 16.4. The molecule has 0 radical (unpaired) electrons. The summed E-state index contributed by atoms with van der Waals surface area (Å²) in [7, 11) is 3.79. The fourth-order valence-electron chi connectivity index (χ4n) is 2.62. The van der Waals surface area contributed by atoms with Gasteiger partial charge < -0.3 is 25.4 Å². The lowest BCUT2D eigenvalue weighted by atomic mass is 10.0. The summed E-state index contributed by atoms with van der Waals surface area (Å²) >= 11 is 0. The Morgan fingerprint density at radius 2 is 1.95 bits per heavy atom. The maximum Gasteiger partial charge on any atom is 0.143 e. The van der Waals surface area contributed by atoms with Gasteiger partial charge in [0, 0.05) is 44.5 Å². The third-order valence-electron chi connectivity index (χ3n) is 3.88. The number of hydrogen-bond donors (Lipinski definition) is 2. The molecule has 0 aromatic heterocycles. The third-order valence-corrected chi connectivity index (χ3v) is 3.88. The number of benzene rings is 1. The van der Waals surface area contributed by atoms with E-state index in [9.17, 15) is 0 Å². The Kier molecular flexibility index (Phi) is 5.09. The third kappa shape index (κ3) is 3.35. The summed E-state index contributed by atoms with van der Waals surface area (Å²) < 4.78 is 5.35. The van der Waals surface area contributed by atoms with Crippen LogP contribution >= 0.6 is 0 Å². The van der Waals surface area contributed by atoms with Crippen LogP contribution in [0, 0.1) is 0 Å². The summed E-state index contributed by atoms with van der Waals surface area (Å²) in [4.78, 5) is 4.72. The van der Waals surface area contributed by atoms with Crippen LogP contribution in [0.15, 0.2) is 12.1 Å². The molecule has 0 spiro atoms. The number of aliphatic hydroxyl groups is 1. The van der Waals surface area contributed by atoms with Crippen molar-refractivity contribution in [2.24, 2.45) is 0 Å². The number of methoxy groups -OCH3 is 1. The summed E-state index contributed by atoms with van der Waals surface area (Å²) in [6, 6.07) is 4.02. The highest BCUT2D eigenvalue weighted by Crippen LogP contribution is 2.33. The molecule has 0 amide bonds. The van der Waals surface area contributed by atoms with Gasteiger partial charge in [-0.25, -0.2) is 0 Å². The number of ether oxygens (including phenoxy) is 1. The van der Waals surface area contributed by atoms with Crippen LogP contribution in [0.5, 0.6) is 5.75 Å². The van der Waals surface area contributed by atoms with Gasteiger partial charge in [0.05, 0.1) is 12.8 Å². The monoisotopic (exact) mass is 279 g/mol. The number of piperazine rings is 1. The Morgan fingerprint density at radius 3 is 2.55 bits per heavy atom. The summed E-state index contributed by atoms with van der Waals surface area (Å²) in [5.74, 6) is 0.728. The minimum Gasteiger partial charge on any atom is -0.495 e. The van der Waals surface area contributed by atoms with Crippen LogP contribution in [0.4, 0.5) is 11.4 Å². The molecule has 1 aliphatic rings. The number of nitrogens with two attached hydrogens (primary N) is 1. The summed E-state index contributed by atoms with van der Waals surface area (Å²) in [6.45, 7) is 4.35. The lowest BCUT2D eigenvalue weighted by Gasteiger charge is -2.35. The second-order valence-corrected chi connectivity index (χ2v) is 5.34. The van der Waals surface area contributed by atoms with Gasteiger partial charge in [-0.05, 0) is 31.5 Å². The van der Waals surface area contributed by atoms with E-state index in [0.717, 1.165) is 44.8 Å². The molecule has 5 heteroatoms. The van der Waals surface area contributed by atoms with Crippen molar-refractivity contribution in [2.45, 2.75) is 12.8 Å². The van der Waals surface area contributed by atoms with Crippen molar-refractivity contribution < 1.29 is 9.84 Å². The van der Waals surface area contributed by atoms with E-state index < -0.39 is 0 Å². The van der Waals surface area contributed by atoms with Gasteiger partial charge in [0.1, 0.15) is 5.75 Å². The minimum atomic E-state index is 0.202. The largest absolute Gasteiger partial charge is 0.495 e. The van der Waals surface area contributed by atoms with Crippen molar-refractivity contribution >= 4 is 11.4 Å². The zero-order valence-corrected chi connectivity index (χ0v) is 12.4. The summed E-state index contributed by atoms with van der Waals surface area (Å²) in [6.07, 6.45) is 1.60. The van der Waals surface area contributed by atoms with Gasteiger partial charge in [-0.3, -0.25) is 0 Å². The number of anilines is 2. The smallest absolute Gasteiger partial charge is 0.143 e. The van der Waals surface area contributed by atoms with E-state index in [4.69, 9.17) is 15.6 Å². The van der Waals surface area contributed by atoms with Crippen molar-refractivity contribution in [1.29, 1.82) is 0 Å². The molecule has 0 bridgehead atoms. The van der Waals surface area contributed by atoms with E-state index in [0.29, 0.717) is 5.69 Å². The fraction of sp³-hybridized carbons (Fsp3) is 0.600. The first-order chi connectivity index (χ1) is 9.65. The highest BCUT2D eigenvalue weighted by molar-refractivity contribution is 5.67. The van der Waals surface area contributed by atoms with Crippen molar-refractivity contribution in [3.63, 3.8) is 0 Å². The zero-order valence-electron chi connectivity index (χ0n) is 12.4. The molecule has 1 heterocycles. The van der Waals surface area contributed by atoms with Gasteiger partial charge in [0.2, 0.25) is 0 Å². The fourth-order valence-corrected chi connectivity index (χ4v) is 2.62. The number of nitrogens with zero attached hydrogens (tertiary/aromatic N) is 2. The van der Waals surface area contributed by atoms with Crippen LogP contribution in [0.2, 0.25) is 0 Å².